The zero-order valence-corrected chi connectivity index (χ0v) is 18.8. The van der Waals surface area contributed by atoms with Crippen LogP contribution in [0.3, 0.4) is 0 Å². The molecule has 3 heteroatoms. The SMILES string of the molecule is CCCCCCCCCCCCCCCCn1cc(CCN)c2cc(O)ccc21. The summed E-state index contributed by atoms with van der Waals surface area (Å²) in [6.45, 7) is 3.99. The van der Waals surface area contributed by atoms with Crippen LogP contribution in [-0.2, 0) is 13.0 Å². The van der Waals surface area contributed by atoms with Gasteiger partial charge in [-0.05, 0) is 43.1 Å². The fourth-order valence-corrected chi connectivity index (χ4v) is 4.38. The van der Waals surface area contributed by atoms with E-state index in [1.54, 1.807) is 6.07 Å². The third-order valence-electron chi connectivity index (χ3n) is 6.11. The van der Waals surface area contributed by atoms with Crippen LogP contribution in [0.5, 0.6) is 5.75 Å². The second-order valence-corrected chi connectivity index (χ2v) is 8.68. The van der Waals surface area contributed by atoms with E-state index in [9.17, 15) is 5.11 Å². The fraction of sp³-hybridized carbons (Fsp3) is 0.692. The molecule has 0 aliphatic rings. The Labute approximate surface area is 178 Å². The van der Waals surface area contributed by atoms with E-state index in [-0.39, 0.29) is 0 Å². The molecule has 164 valence electrons. The summed E-state index contributed by atoms with van der Waals surface area (Å²) < 4.78 is 2.35. The van der Waals surface area contributed by atoms with Crippen LogP contribution in [0.2, 0.25) is 0 Å². The number of nitrogens with two attached hydrogens (primary N) is 1. The van der Waals surface area contributed by atoms with Crippen LogP contribution in [-0.4, -0.2) is 16.2 Å². The van der Waals surface area contributed by atoms with Crippen LogP contribution in [0.1, 0.15) is 102 Å². The second-order valence-electron chi connectivity index (χ2n) is 8.68. The lowest BCUT2D eigenvalue weighted by molar-refractivity contribution is 0.476. The molecule has 0 aliphatic heterocycles. The Morgan fingerprint density at radius 2 is 1.34 bits per heavy atom. The third-order valence-corrected chi connectivity index (χ3v) is 6.11. The minimum atomic E-state index is 0.338. The molecule has 3 N–H and O–H groups in total. The van der Waals surface area contributed by atoms with Crippen LogP contribution in [0.15, 0.2) is 24.4 Å². The average molecular weight is 401 g/mol. The van der Waals surface area contributed by atoms with Gasteiger partial charge in [-0.25, -0.2) is 0 Å². The Bertz CT molecular complexity index is 677. The zero-order valence-electron chi connectivity index (χ0n) is 18.8. The minimum absolute atomic E-state index is 0.338. The van der Waals surface area contributed by atoms with Gasteiger partial charge in [0.2, 0.25) is 0 Å². The van der Waals surface area contributed by atoms with Gasteiger partial charge >= 0.3 is 0 Å². The summed E-state index contributed by atoms with van der Waals surface area (Å²) >= 11 is 0. The minimum Gasteiger partial charge on any atom is -0.508 e. The van der Waals surface area contributed by atoms with Crippen molar-refractivity contribution in [2.75, 3.05) is 6.54 Å². The van der Waals surface area contributed by atoms with Crippen molar-refractivity contribution in [1.82, 2.24) is 4.57 Å². The van der Waals surface area contributed by atoms with E-state index in [1.807, 2.05) is 12.1 Å². The number of aryl methyl sites for hydroxylation is 1. The van der Waals surface area contributed by atoms with Crippen molar-refractivity contribution in [3.8, 4) is 5.75 Å². The first-order chi connectivity index (χ1) is 14.3. The maximum atomic E-state index is 9.80. The van der Waals surface area contributed by atoms with Gasteiger partial charge < -0.3 is 15.4 Å². The normalized spacial score (nSPS) is 11.5. The monoisotopic (exact) mass is 400 g/mol. The van der Waals surface area contributed by atoms with Crippen molar-refractivity contribution >= 4 is 10.9 Å². The number of hydrogen-bond donors (Lipinski definition) is 2. The van der Waals surface area contributed by atoms with Crippen LogP contribution < -0.4 is 5.73 Å². The maximum absolute atomic E-state index is 9.80. The maximum Gasteiger partial charge on any atom is 0.116 e. The van der Waals surface area contributed by atoms with Crippen molar-refractivity contribution in [1.29, 1.82) is 0 Å². The van der Waals surface area contributed by atoms with E-state index in [0.29, 0.717) is 12.3 Å². The summed E-state index contributed by atoms with van der Waals surface area (Å²) in [6, 6.07) is 5.70. The topological polar surface area (TPSA) is 51.2 Å². The van der Waals surface area contributed by atoms with Crippen molar-refractivity contribution in [2.24, 2.45) is 5.73 Å². The molecule has 1 aromatic heterocycles. The number of rotatable bonds is 17. The highest BCUT2D eigenvalue weighted by atomic mass is 16.3. The van der Waals surface area contributed by atoms with Crippen LogP contribution in [0.4, 0.5) is 0 Å². The molecule has 0 bridgehead atoms. The van der Waals surface area contributed by atoms with Crippen molar-refractivity contribution in [3.63, 3.8) is 0 Å². The van der Waals surface area contributed by atoms with E-state index in [1.165, 1.54) is 101 Å². The predicted octanol–water partition coefficient (Wildman–Crippen LogP) is 7.33. The highest BCUT2D eigenvalue weighted by Crippen LogP contribution is 2.26. The van der Waals surface area contributed by atoms with Gasteiger partial charge in [0.05, 0.1) is 0 Å². The molecular weight excluding hydrogens is 356 g/mol. The Morgan fingerprint density at radius 3 is 1.90 bits per heavy atom. The molecule has 2 aromatic rings. The summed E-state index contributed by atoms with van der Waals surface area (Å²) in [4.78, 5) is 0. The first-order valence-electron chi connectivity index (χ1n) is 12.3. The van der Waals surface area contributed by atoms with Crippen molar-refractivity contribution in [3.05, 3.63) is 30.0 Å². The number of unbranched alkanes of at least 4 members (excludes halogenated alkanes) is 13. The number of aromatic nitrogens is 1. The first-order valence-corrected chi connectivity index (χ1v) is 12.3. The van der Waals surface area contributed by atoms with Crippen LogP contribution in [0.25, 0.3) is 10.9 Å². The Morgan fingerprint density at radius 1 is 0.793 bits per heavy atom. The molecule has 1 heterocycles. The lowest BCUT2D eigenvalue weighted by Crippen LogP contribution is -2.02. The number of aromatic hydroxyl groups is 1. The van der Waals surface area contributed by atoms with Gasteiger partial charge in [-0.3, -0.25) is 0 Å². The lowest BCUT2D eigenvalue weighted by Gasteiger charge is -2.06. The Kier molecular flexibility index (Phi) is 11.9. The molecule has 3 nitrogen and oxygen atoms in total. The molecule has 1 aromatic carbocycles. The number of fused-ring (bicyclic) bond motifs is 1. The van der Waals surface area contributed by atoms with Crippen LogP contribution >= 0.6 is 0 Å². The van der Waals surface area contributed by atoms with Gasteiger partial charge in [0, 0.05) is 23.6 Å². The molecule has 0 saturated carbocycles. The van der Waals surface area contributed by atoms with E-state index in [0.717, 1.165) is 18.4 Å². The van der Waals surface area contributed by atoms with Gasteiger partial charge in [-0.2, -0.15) is 0 Å². The molecule has 2 rings (SSSR count). The largest absolute Gasteiger partial charge is 0.508 e. The highest BCUT2D eigenvalue weighted by Gasteiger charge is 2.08. The summed E-state index contributed by atoms with van der Waals surface area (Å²) in [7, 11) is 0. The quantitative estimate of drug-likeness (QED) is 0.273. The van der Waals surface area contributed by atoms with Gasteiger partial charge in [-0.1, -0.05) is 90.4 Å². The number of benzene rings is 1. The molecule has 0 aliphatic carbocycles. The van der Waals surface area contributed by atoms with Crippen molar-refractivity contribution in [2.45, 2.75) is 110 Å². The highest BCUT2D eigenvalue weighted by molar-refractivity contribution is 5.85. The fourth-order valence-electron chi connectivity index (χ4n) is 4.38. The summed E-state index contributed by atoms with van der Waals surface area (Å²) in [5.74, 6) is 0.338. The standard InChI is InChI=1S/C26H44N2O/c1-2-3-4-5-6-7-8-9-10-11-12-13-14-15-20-28-22-23(18-19-27)25-21-24(29)16-17-26(25)28/h16-17,21-22,29H,2-15,18-20,27H2,1H3. The smallest absolute Gasteiger partial charge is 0.116 e. The van der Waals surface area contributed by atoms with E-state index >= 15 is 0 Å². The van der Waals surface area contributed by atoms with E-state index < -0.39 is 0 Å². The molecule has 0 unspecified atom stereocenters. The summed E-state index contributed by atoms with van der Waals surface area (Å²) in [6.07, 6.45) is 22.6. The molecule has 29 heavy (non-hydrogen) atoms. The van der Waals surface area contributed by atoms with Gasteiger partial charge in [0.25, 0.3) is 0 Å². The first kappa shape index (κ1) is 23.8. The molecule has 0 amide bonds. The van der Waals surface area contributed by atoms with Crippen molar-refractivity contribution < 1.29 is 5.11 Å². The van der Waals surface area contributed by atoms with E-state index in [2.05, 4.69) is 17.7 Å². The molecule has 0 fully saturated rings. The average Bonchev–Trinajstić information content (AvgIpc) is 3.05. The number of nitrogens with zero attached hydrogens (tertiary/aromatic N) is 1. The van der Waals surface area contributed by atoms with Crippen LogP contribution in [0, 0.1) is 0 Å². The third kappa shape index (κ3) is 8.82. The number of phenols is 1. The Hall–Kier alpha value is -1.48. The summed E-state index contributed by atoms with van der Waals surface area (Å²) in [5.41, 5.74) is 8.23. The second kappa shape index (κ2) is 14.5. The number of phenolic OH excluding ortho intramolecular Hbond substituents is 1. The lowest BCUT2D eigenvalue weighted by atomic mass is 10.0. The molecule has 0 atom stereocenters. The zero-order chi connectivity index (χ0) is 20.7. The number of hydrogen-bond acceptors (Lipinski definition) is 2. The molecule has 0 spiro atoms. The predicted molar refractivity (Wildman–Crippen MR) is 127 cm³/mol. The summed E-state index contributed by atoms with van der Waals surface area (Å²) in [5, 5.41) is 11.0. The van der Waals surface area contributed by atoms with Gasteiger partial charge in [0.15, 0.2) is 0 Å². The molecule has 0 saturated heterocycles. The molecular formula is C26H44N2O. The molecule has 0 radical (unpaired) electrons. The van der Waals surface area contributed by atoms with Gasteiger partial charge in [-0.15, -0.1) is 0 Å². The van der Waals surface area contributed by atoms with Gasteiger partial charge in [0.1, 0.15) is 5.75 Å². The Balaban J connectivity index is 1.54. The van der Waals surface area contributed by atoms with E-state index in [4.69, 9.17) is 5.73 Å².